The Balaban J connectivity index is 1.76. The summed E-state index contributed by atoms with van der Waals surface area (Å²) in [6.45, 7) is 2.86. The molecule has 3 heteroatoms. The number of epoxide rings is 1. The molecule has 1 aliphatic heterocycles. The topological polar surface area (TPSA) is 29.6 Å². The maximum absolute atomic E-state index is 11.2. The van der Waals surface area contributed by atoms with Crippen LogP contribution < -0.4 is 0 Å². The molecule has 0 aromatic rings. The van der Waals surface area contributed by atoms with Crippen molar-refractivity contribution in [1.29, 1.82) is 0 Å². The standard InChI is InChI=1S/C17H32O2S/c1-2-3-4-5-6-7-8-9-10-11-12-13-14-17(15-19-17)16(18)20/h2-15H2,1H3,(H,18,20). The summed E-state index contributed by atoms with van der Waals surface area (Å²) in [5.74, 6) is 0. The molecule has 1 fully saturated rings. The summed E-state index contributed by atoms with van der Waals surface area (Å²) in [5.41, 5.74) is -0.485. The van der Waals surface area contributed by atoms with Gasteiger partial charge in [0.15, 0.2) is 5.60 Å². The van der Waals surface area contributed by atoms with Gasteiger partial charge in [0.2, 0.25) is 5.12 Å². The molecule has 1 heterocycles. The molecular weight excluding hydrogens is 268 g/mol. The number of hydrogen-bond donors (Lipinski definition) is 1. The van der Waals surface area contributed by atoms with E-state index in [0.717, 1.165) is 12.8 Å². The van der Waals surface area contributed by atoms with E-state index in [4.69, 9.17) is 4.74 Å². The SMILES string of the molecule is CCCCCCCCCCCCCCC1(C(=O)S)CO1. The number of carbonyl (C=O) groups is 1. The Morgan fingerprint density at radius 1 is 0.900 bits per heavy atom. The molecule has 0 radical (unpaired) electrons. The van der Waals surface area contributed by atoms with Crippen LogP contribution in [-0.4, -0.2) is 17.3 Å². The van der Waals surface area contributed by atoms with Crippen molar-refractivity contribution in [3.05, 3.63) is 0 Å². The van der Waals surface area contributed by atoms with Crippen molar-refractivity contribution >= 4 is 17.7 Å². The van der Waals surface area contributed by atoms with Crippen LogP contribution in [0.25, 0.3) is 0 Å². The Kier molecular flexibility index (Phi) is 9.62. The lowest BCUT2D eigenvalue weighted by molar-refractivity contribution is -0.115. The molecule has 0 aromatic heterocycles. The highest BCUT2D eigenvalue weighted by Gasteiger charge is 2.49. The van der Waals surface area contributed by atoms with Gasteiger partial charge in [-0.2, -0.15) is 0 Å². The van der Waals surface area contributed by atoms with Crippen LogP contribution in [0, 0.1) is 0 Å². The van der Waals surface area contributed by atoms with Crippen LogP contribution in [0.3, 0.4) is 0 Å². The second-order valence-electron chi connectivity index (χ2n) is 6.23. The van der Waals surface area contributed by atoms with Gasteiger partial charge < -0.3 is 4.74 Å². The molecule has 1 rings (SSSR count). The van der Waals surface area contributed by atoms with E-state index in [-0.39, 0.29) is 5.12 Å². The molecule has 1 unspecified atom stereocenters. The van der Waals surface area contributed by atoms with Gasteiger partial charge >= 0.3 is 0 Å². The summed E-state index contributed by atoms with van der Waals surface area (Å²) >= 11 is 3.89. The van der Waals surface area contributed by atoms with Crippen molar-refractivity contribution in [3.63, 3.8) is 0 Å². The zero-order valence-electron chi connectivity index (χ0n) is 13.2. The zero-order chi connectivity index (χ0) is 14.7. The molecule has 0 spiro atoms. The van der Waals surface area contributed by atoms with E-state index in [1.807, 2.05) is 0 Å². The number of ether oxygens (including phenoxy) is 1. The Hall–Kier alpha value is -0.0200. The summed E-state index contributed by atoms with van der Waals surface area (Å²) < 4.78 is 5.23. The van der Waals surface area contributed by atoms with Crippen molar-refractivity contribution in [2.45, 2.75) is 96.0 Å². The number of hydrogen-bond acceptors (Lipinski definition) is 2. The molecule has 0 aromatic carbocycles. The second kappa shape index (κ2) is 10.7. The fraction of sp³-hybridized carbons (Fsp3) is 0.941. The summed E-state index contributed by atoms with van der Waals surface area (Å²) in [6.07, 6.45) is 17.0. The highest BCUT2D eigenvalue weighted by Crippen LogP contribution is 2.35. The number of carbonyl (C=O) groups excluding carboxylic acids is 1. The smallest absolute Gasteiger partial charge is 0.220 e. The average Bonchev–Trinajstić information content (AvgIpc) is 3.21. The molecule has 1 aliphatic rings. The minimum absolute atomic E-state index is 0.0828. The monoisotopic (exact) mass is 300 g/mol. The van der Waals surface area contributed by atoms with E-state index in [2.05, 4.69) is 19.6 Å². The van der Waals surface area contributed by atoms with Crippen molar-refractivity contribution in [2.24, 2.45) is 0 Å². The van der Waals surface area contributed by atoms with Crippen molar-refractivity contribution in [1.82, 2.24) is 0 Å². The van der Waals surface area contributed by atoms with Crippen LogP contribution in [-0.2, 0) is 9.53 Å². The first-order chi connectivity index (χ1) is 9.71. The van der Waals surface area contributed by atoms with Gasteiger partial charge in [-0.1, -0.05) is 77.6 Å². The van der Waals surface area contributed by atoms with Gasteiger partial charge in [0, 0.05) is 0 Å². The lowest BCUT2D eigenvalue weighted by atomic mass is 10.0. The minimum atomic E-state index is -0.485. The van der Waals surface area contributed by atoms with Crippen LogP contribution in [0.4, 0.5) is 0 Å². The molecule has 0 amide bonds. The first kappa shape index (κ1) is 18.0. The molecule has 20 heavy (non-hydrogen) atoms. The number of rotatable bonds is 14. The summed E-state index contributed by atoms with van der Waals surface area (Å²) in [7, 11) is 0. The van der Waals surface area contributed by atoms with E-state index in [1.165, 1.54) is 70.6 Å². The van der Waals surface area contributed by atoms with Crippen LogP contribution in [0.1, 0.15) is 90.4 Å². The van der Waals surface area contributed by atoms with Crippen LogP contribution >= 0.6 is 12.6 Å². The van der Waals surface area contributed by atoms with Crippen LogP contribution in [0.5, 0.6) is 0 Å². The van der Waals surface area contributed by atoms with E-state index < -0.39 is 5.60 Å². The first-order valence-electron chi connectivity index (χ1n) is 8.58. The highest BCUT2D eigenvalue weighted by atomic mass is 32.1. The highest BCUT2D eigenvalue weighted by molar-refractivity contribution is 7.96. The van der Waals surface area contributed by atoms with E-state index in [9.17, 15) is 4.79 Å². The maximum Gasteiger partial charge on any atom is 0.220 e. The predicted molar refractivity (Wildman–Crippen MR) is 88.4 cm³/mol. The van der Waals surface area contributed by atoms with Crippen molar-refractivity contribution in [3.8, 4) is 0 Å². The molecule has 0 saturated carbocycles. The number of thiol groups is 1. The van der Waals surface area contributed by atoms with Crippen LogP contribution in [0.15, 0.2) is 0 Å². The maximum atomic E-state index is 11.2. The lowest BCUT2D eigenvalue weighted by Crippen LogP contribution is -2.19. The average molecular weight is 301 g/mol. The molecule has 1 saturated heterocycles. The fourth-order valence-corrected chi connectivity index (χ4v) is 2.95. The normalized spacial score (nSPS) is 21.1. The third kappa shape index (κ3) is 7.68. The van der Waals surface area contributed by atoms with E-state index in [1.54, 1.807) is 0 Å². The third-order valence-corrected chi connectivity index (χ3v) is 4.72. The molecule has 1 atom stereocenters. The molecular formula is C17H32O2S. The summed E-state index contributed by atoms with van der Waals surface area (Å²) in [6, 6.07) is 0. The molecule has 0 N–H and O–H groups in total. The van der Waals surface area contributed by atoms with Gasteiger partial charge in [-0.3, -0.25) is 4.79 Å². The molecule has 2 nitrogen and oxygen atoms in total. The summed E-state index contributed by atoms with van der Waals surface area (Å²) in [5, 5.41) is -0.0828. The second-order valence-corrected chi connectivity index (χ2v) is 6.63. The Morgan fingerprint density at radius 2 is 1.30 bits per heavy atom. The van der Waals surface area contributed by atoms with Gasteiger partial charge in [-0.15, -0.1) is 12.6 Å². The molecule has 0 aliphatic carbocycles. The Bertz CT molecular complexity index is 262. The number of unbranched alkanes of at least 4 members (excludes halogenated alkanes) is 11. The third-order valence-electron chi connectivity index (χ3n) is 4.32. The zero-order valence-corrected chi connectivity index (χ0v) is 14.1. The summed E-state index contributed by atoms with van der Waals surface area (Å²) in [4.78, 5) is 11.2. The van der Waals surface area contributed by atoms with Gasteiger partial charge in [0.1, 0.15) is 0 Å². The molecule has 118 valence electrons. The quantitative estimate of drug-likeness (QED) is 0.268. The van der Waals surface area contributed by atoms with E-state index >= 15 is 0 Å². The Labute approximate surface area is 130 Å². The van der Waals surface area contributed by atoms with Gasteiger partial charge in [-0.25, -0.2) is 0 Å². The van der Waals surface area contributed by atoms with Gasteiger partial charge in [0.05, 0.1) is 6.61 Å². The fourth-order valence-electron chi connectivity index (χ4n) is 2.71. The van der Waals surface area contributed by atoms with Crippen molar-refractivity contribution in [2.75, 3.05) is 6.61 Å². The van der Waals surface area contributed by atoms with Gasteiger partial charge in [-0.05, 0) is 12.8 Å². The van der Waals surface area contributed by atoms with E-state index in [0.29, 0.717) is 6.61 Å². The minimum Gasteiger partial charge on any atom is -0.360 e. The van der Waals surface area contributed by atoms with Gasteiger partial charge in [0.25, 0.3) is 0 Å². The van der Waals surface area contributed by atoms with Crippen LogP contribution in [0.2, 0.25) is 0 Å². The first-order valence-corrected chi connectivity index (χ1v) is 9.03. The lowest BCUT2D eigenvalue weighted by Gasteiger charge is -2.06. The largest absolute Gasteiger partial charge is 0.360 e. The molecule has 0 bridgehead atoms. The Morgan fingerprint density at radius 3 is 1.65 bits per heavy atom. The predicted octanol–water partition coefficient (Wildman–Crippen LogP) is 5.30. The van der Waals surface area contributed by atoms with Crippen molar-refractivity contribution < 1.29 is 9.53 Å².